The van der Waals surface area contributed by atoms with Crippen LogP contribution in [0.25, 0.3) is 0 Å². The van der Waals surface area contributed by atoms with E-state index >= 15 is 0 Å². The van der Waals surface area contributed by atoms with Crippen molar-refractivity contribution in [3.8, 4) is 0 Å². The van der Waals surface area contributed by atoms with Gasteiger partial charge in [0, 0.05) is 48.5 Å². The number of hydrogen-bond acceptors (Lipinski definition) is 8. The maximum atomic E-state index is 13.0. The van der Waals surface area contributed by atoms with Gasteiger partial charge >= 0.3 is 5.97 Å². The molecule has 0 aliphatic carbocycles. The average molecular weight is 467 g/mol. The molecule has 32 heavy (non-hydrogen) atoms. The number of nitrogens with one attached hydrogen (secondary N) is 1. The predicted molar refractivity (Wildman–Crippen MR) is 118 cm³/mol. The molecule has 0 radical (unpaired) electrons. The second-order valence-corrected chi connectivity index (χ2v) is 10.2. The molecule has 0 aromatic heterocycles. The van der Waals surface area contributed by atoms with Gasteiger partial charge in [-0.15, -0.1) is 11.8 Å². The van der Waals surface area contributed by atoms with Gasteiger partial charge in [-0.25, -0.2) is 4.79 Å². The quantitative estimate of drug-likeness (QED) is 0.374. The van der Waals surface area contributed by atoms with Gasteiger partial charge in [0.05, 0.1) is 29.8 Å². The first-order chi connectivity index (χ1) is 15.2. The van der Waals surface area contributed by atoms with Crippen LogP contribution in [0.3, 0.4) is 0 Å². The third kappa shape index (κ3) is 3.90. The van der Waals surface area contributed by atoms with Crippen LogP contribution in [0.2, 0.25) is 0 Å². The Labute approximate surface area is 191 Å². The van der Waals surface area contributed by atoms with Gasteiger partial charge in [-0.1, -0.05) is 12.1 Å². The fourth-order valence-corrected chi connectivity index (χ4v) is 6.74. The number of carbonyl (C=O) groups is 3. The minimum absolute atomic E-state index is 0.0324. The second kappa shape index (κ2) is 9.03. The summed E-state index contributed by atoms with van der Waals surface area (Å²) in [6.45, 7) is 5.30. The summed E-state index contributed by atoms with van der Waals surface area (Å²) in [7, 11) is 1.52. The van der Waals surface area contributed by atoms with Gasteiger partial charge in [0.1, 0.15) is 12.8 Å². The molecule has 0 saturated carbocycles. The largest absolute Gasteiger partial charge is 0.477 e. The van der Waals surface area contributed by atoms with Gasteiger partial charge in [0.2, 0.25) is 11.8 Å². The maximum Gasteiger partial charge on any atom is 0.353 e. The van der Waals surface area contributed by atoms with Crippen LogP contribution in [-0.4, -0.2) is 93.7 Å². The molecule has 3 N–H and O–H groups in total. The zero-order valence-corrected chi connectivity index (χ0v) is 19.3. The molecule has 3 fully saturated rings. The normalized spacial score (nSPS) is 33.2. The number of thioether (sulfide) groups is 1. The number of aliphatic carboxylic acids is 1. The number of β-lactam (4-membered cyclic amide) rings is 1. The fourth-order valence-electron chi connectivity index (χ4n) is 5.27. The molecule has 0 unspecified atom stereocenters. The molecule has 6 atom stereocenters. The molecular weight excluding hydrogens is 436 g/mol. The Morgan fingerprint density at radius 2 is 2.00 bits per heavy atom. The molecule has 2 amide bonds. The van der Waals surface area contributed by atoms with Crippen LogP contribution in [0.5, 0.6) is 0 Å². The van der Waals surface area contributed by atoms with Crippen molar-refractivity contribution < 1.29 is 29.4 Å². The summed E-state index contributed by atoms with van der Waals surface area (Å²) in [6, 6.07) is -0.623. The van der Waals surface area contributed by atoms with Crippen LogP contribution in [0.1, 0.15) is 33.1 Å². The first kappa shape index (κ1) is 23.1. The van der Waals surface area contributed by atoms with Crippen molar-refractivity contribution in [3.63, 3.8) is 0 Å². The fraction of sp³-hybridized carbons (Fsp3) is 0.714. The Morgan fingerprint density at radius 1 is 1.31 bits per heavy atom. The number of piperidine rings is 1. The Hall–Kier alpha value is -2.11. The van der Waals surface area contributed by atoms with E-state index in [1.807, 2.05) is 11.8 Å². The van der Waals surface area contributed by atoms with Gasteiger partial charge in [-0.3, -0.25) is 9.59 Å². The van der Waals surface area contributed by atoms with Gasteiger partial charge in [-0.05, 0) is 13.3 Å². The standard InChI is InChI=1S/C21H30N4O6S/c1-10-16-15(11(2)26)20(28)25(16)17(21(29)30)18(10)32-13-8-14(22-9-13)19(27)24-6-4-12(5-7-24)23-31-3/h10-11,13-16,22,26H,4-9H2,1-3H3,(H,29,30)/t10-,11-,13+,14+,15-,16-/m1/s1. The van der Waals surface area contributed by atoms with Crippen molar-refractivity contribution in [1.82, 2.24) is 15.1 Å². The minimum atomic E-state index is -1.13. The maximum absolute atomic E-state index is 13.0. The highest BCUT2D eigenvalue weighted by atomic mass is 32.2. The van der Waals surface area contributed by atoms with Crippen LogP contribution >= 0.6 is 11.8 Å². The third-order valence-corrected chi connectivity index (χ3v) is 8.38. The molecule has 3 saturated heterocycles. The zero-order valence-electron chi connectivity index (χ0n) is 18.5. The first-order valence-corrected chi connectivity index (χ1v) is 11.9. The van der Waals surface area contributed by atoms with E-state index in [0.717, 1.165) is 5.71 Å². The molecule has 0 aromatic carbocycles. The van der Waals surface area contributed by atoms with Crippen molar-refractivity contribution in [2.24, 2.45) is 17.0 Å². The summed E-state index contributed by atoms with van der Waals surface area (Å²) in [5.74, 6) is -2.13. The second-order valence-electron chi connectivity index (χ2n) is 8.87. The molecule has 0 bridgehead atoms. The number of amides is 2. The molecule has 4 aliphatic rings. The molecular formula is C21H30N4O6S. The van der Waals surface area contributed by atoms with E-state index in [2.05, 4.69) is 10.5 Å². The summed E-state index contributed by atoms with van der Waals surface area (Å²) in [5.41, 5.74) is 0.993. The number of likely N-dealkylation sites (tertiary alicyclic amines) is 1. The highest BCUT2D eigenvalue weighted by Gasteiger charge is 2.60. The molecule has 0 spiro atoms. The number of aliphatic hydroxyl groups is 1. The highest BCUT2D eigenvalue weighted by Crippen LogP contribution is 2.51. The van der Waals surface area contributed by atoms with Gasteiger partial charge < -0.3 is 30.2 Å². The Bertz CT molecular complexity index is 864. The number of fused-ring (bicyclic) bond motifs is 1. The molecule has 176 valence electrons. The number of hydrogen-bond donors (Lipinski definition) is 3. The smallest absolute Gasteiger partial charge is 0.353 e. The van der Waals surface area contributed by atoms with E-state index in [-0.39, 0.29) is 40.8 Å². The van der Waals surface area contributed by atoms with E-state index in [0.29, 0.717) is 43.8 Å². The zero-order chi connectivity index (χ0) is 23.2. The number of carboxylic acids is 1. The average Bonchev–Trinajstić information content (AvgIpc) is 3.30. The van der Waals surface area contributed by atoms with Crippen LogP contribution in [0.4, 0.5) is 0 Å². The molecule has 0 aromatic rings. The van der Waals surface area contributed by atoms with Crippen molar-refractivity contribution >= 4 is 35.3 Å². The van der Waals surface area contributed by atoms with E-state index in [1.54, 1.807) is 6.92 Å². The molecule has 4 rings (SSSR count). The number of oxime groups is 1. The lowest BCUT2D eigenvalue weighted by molar-refractivity contribution is -0.163. The number of nitrogens with zero attached hydrogens (tertiary/aromatic N) is 3. The Kier molecular flexibility index (Phi) is 6.51. The van der Waals surface area contributed by atoms with Crippen LogP contribution in [-0.2, 0) is 19.2 Å². The van der Waals surface area contributed by atoms with Crippen molar-refractivity contribution in [3.05, 3.63) is 10.6 Å². The number of carbonyl (C=O) groups excluding carboxylic acids is 2. The molecule has 10 nitrogen and oxygen atoms in total. The first-order valence-electron chi connectivity index (χ1n) is 11.0. The van der Waals surface area contributed by atoms with E-state index in [4.69, 9.17) is 4.84 Å². The SMILES string of the molecule is CON=C1CCN(C(=O)[C@@H]2C[C@H](SC3=C(C(=O)O)N4C(=O)[C@H]([C@@H](C)O)[C@H]4[C@H]3C)CN2)CC1. The molecule has 4 aliphatic heterocycles. The number of aliphatic hydroxyl groups excluding tert-OH is 1. The summed E-state index contributed by atoms with van der Waals surface area (Å²) >= 11 is 1.45. The van der Waals surface area contributed by atoms with Crippen molar-refractivity contribution in [2.75, 3.05) is 26.7 Å². The van der Waals surface area contributed by atoms with Crippen LogP contribution in [0, 0.1) is 11.8 Å². The Morgan fingerprint density at radius 3 is 2.59 bits per heavy atom. The van der Waals surface area contributed by atoms with Crippen molar-refractivity contribution in [1.29, 1.82) is 0 Å². The lowest BCUT2D eigenvalue weighted by Crippen LogP contribution is -2.63. The monoisotopic (exact) mass is 466 g/mol. The van der Waals surface area contributed by atoms with Crippen LogP contribution < -0.4 is 5.32 Å². The van der Waals surface area contributed by atoms with Crippen molar-refractivity contribution in [2.45, 2.75) is 56.5 Å². The highest BCUT2D eigenvalue weighted by molar-refractivity contribution is 8.03. The lowest BCUT2D eigenvalue weighted by atomic mass is 9.79. The number of carboxylic acid groups (broad SMARTS) is 1. The van der Waals surface area contributed by atoms with Gasteiger partial charge in [-0.2, -0.15) is 0 Å². The van der Waals surface area contributed by atoms with E-state index in [1.165, 1.54) is 23.8 Å². The summed E-state index contributed by atoms with van der Waals surface area (Å²) in [4.78, 5) is 46.1. The molecule has 11 heteroatoms. The van der Waals surface area contributed by atoms with Crippen LogP contribution in [0.15, 0.2) is 15.8 Å². The van der Waals surface area contributed by atoms with Gasteiger partial charge in [0.15, 0.2) is 0 Å². The third-order valence-electron chi connectivity index (χ3n) is 6.87. The van der Waals surface area contributed by atoms with E-state index in [9.17, 15) is 24.6 Å². The summed E-state index contributed by atoms with van der Waals surface area (Å²) in [6.07, 6.45) is 1.18. The topological polar surface area (TPSA) is 132 Å². The predicted octanol–water partition coefficient (Wildman–Crippen LogP) is 0.229. The van der Waals surface area contributed by atoms with Gasteiger partial charge in [0.25, 0.3) is 0 Å². The minimum Gasteiger partial charge on any atom is -0.477 e. The van der Waals surface area contributed by atoms with E-state index < -0.39 is 18.0 Å². The molecule has 4 heterocycles. The number of rotatable bonds is 6. The summed E-state index contributed by atoms with van der Waals surface area (Å²) < 4.78 is 0. The Balaban J connectivity index is 1.40. The lowest BCUT2D eigenvalue weighted by Gasteiger charge is -2.46. The summed E-state index contributed by atoms with van der Waals surface area (Å²) in [5, 5.41) is 27.1.